The van der Waals surface area contributed by atoms with Crippen molar-refractivity contribution in [3.05, 3.63) is 95.3 Å². The van der Waals surface area contributed by atoms with Gasteiger partial charge in [-0.1, -0.05) is 30.3 Å². The first kappa shape index (κ1) is 18.7. The summed E-state index contributed by atoms with van der Waals surface area (Å²) in [6.45, 7) is 4.03. The van der Waals surface area contributed by atoms with E-state index in [-0.39, 0.29) is 18.0 Å². The molecule has 0 saturated heterocycles. The lowest BCUT2D eigenvalue weighted by Crippen LogP contribution is -2.33. The molecule has 5 rings (SSSR count). The van der Waals surface area contributed by atoms with E-state index < -0.39 is 6.23 Å². The predicted octanol–water partition coefficient (Wildman–Crippen LogP) is 5.86. The zero-order valence-electron chi connectivity index (χ0n) is 17.0. The zero-order chi connectivity index (χ0) is 20.7. The average Bonchev–Trinajstić information content (AvgIpc) is 3.20. The van der Waals surface area contributed by atoms with Crippen LogP contribution in [0.5, 0.6) is 11.5 Å². The summed E-state index contributed by atoms with van der Waals surface area (Å²) in [5, 5.41) is 6.94. The minimum atomic E-state index is -0.397. The molecule has 0 spiro atoms. The molecule has 2 aliphatic heterocycles. The van der Waals surface area contributed by atoms with Gasteiger partial charge in [0.25, 0.3) is 0 Å². The van der Waals surface area contributed by atoms with Crippen molar-refractivity contribution in [3.8, 4) is 11.5 Å². The lowest BCUT2D eigenvalue weighted by molar-refractivity contribution is -0.0190. The molecule has 0 aliphatic carbocycles. The molecule has 0 unspecified atom stereocenters. The van der Waals surface area contributed by atoms with Crippen LogP contribution in [-0.4, -0.2) is 16.8 Å². The number of rotatable bonds is 4. The number of benzene rings is 3. The topological polar surface area (TPSA) is 34.1 Å². The highest BCUT2D eigenvalue weighted by Gasteiger charge is 2.40. The smallest absolute Gasteiger partial charge is 0.213 e. The van der Waals surface area contributed by atoms with Gasteiger partial charge in [0, 0.05) is 17.5 Å². The molecule has 152 valence electrons. The molecule has 2 aliphatic rings. The van der Waals surface area contributed by atoms with E-state index in [1.54, 1.807) is 12.1 Å². The fourth-order valence-corrected chi connectivity index (χ4v) is 4.05. The summed E-state index contributed by atoms with van der Waals surface area (Å²) in [5.41, 5.74) is 4.07. The van der Waals surface area contributed by atoms with Gasteiger partial charge in [0.15, 0.2) is 0 Å². The molecule has 5 heteroatoms. The van der Waals surface area contributed by atoms with Gasteiger partial charge in [-0.25, -0.2) is 9.40 Å². The second kappa shape index (κ2) is 7.48. The molecule has 0 fully saturated rings. The van der Waals surface area contributed by atoms with Crippen LogP contribution in [0.4, 0.5) is 4.39 Å². The van der Waals surface area contributed by atoms with Gasteiger partial charge >= 0.3 is 0 Å². The van der Waals surface area contributed by atoms with Crippen molar-refractivity contribution >= 4 is 5.71 Å². The molecule has 3 aromatic carbocycles. The third-order valence-electron chi connectivity index (χ3n) is 5.41. The van der Waals surface area contributed by atoms with E-state index in [1.165, 1.54) is 12.1 Å². The van der Waals surface area contributed by atoms with Gasteiger partial charge < -0.3 is 9.47 Å². The van der Waals surface area contributed by atoms with Crippen LogP contribution in [0.15, 0.2) is 77.9 Å². The monoisotopic (exact) mass is 402 g/mol. The minimum Gasteiger partial charge on any atom is -0.491 e. The van der Waals surface area contributed by atoms with E-state index in [0.29, 0.717) is 0 Å². The highest BCUT2D eigenvalue weighted by Crippen LogP contribution is 2.47. The first-order valence-electron chi connectivity index (χ1n) is 10.2. The van der Waals surface area contributed by atoms with Gasteiger partial charge in [-0.2, -0.15) is 5.10 Å². The SMILES string of the molecule is CC(C)Oc1ccc(C2=NN3[C@@H](C2)c2ccccc2O[C@H]3c2ccc(F)cc2)cc1. The van der Waals surface area contributed by atoms with E-state index >= 15 is 0 Å². The van der Waals surface area contributed by atoms with Crippen LogP contribution in [0.1, 0.15) is 49.2 Å². The number of hydrogen-bond acceptors (Lipinski definition) is 4. The molecule has 0 radical (unpaired) electrons. The normalized spacial score (nSPS) is 19.7. The maximum absolute atomic E-state index is 13.5. The number of ether oxygens (including phenoxy) is 2. The van der Waals surface area contributed by atoms with Gasteiger partial charge in [-0.3, -0.25) is 0 Å². The van der Waals surface area contributed by atoms with Crippen molar-refractivity contribution in [1.82, 2.24) is 5.01 Å². The number of fused-ring (bicyclic) bond motifs is 3. The molecule has 0 aromatic heterocycles. The summed E-state index contributed by atoms with van der Waals surface area (Å²) in [7, 11) is 0. The third kappa shape index (κ3) is 3.41. The van der Waals surface area contributed by atoms with E-state index in [1.807, 2.05) is 49.2 Å². The molecular formula is C25H23FN2O2. The summed E-state index contributed by atoms with van der Waals surface area (Å²) in [4.78, 5) is 0. The molecule has 0 amide bonds. The van der Waals surface area contributed by atoms with Gasteiger partial charge in [-0.05, 0) is 61.9 Å². The Bertz CT molecular complexity index is 1080. The standard InChI is InChI=1S/C25H23FN2O2/c1-16(2)29-20-13-9-17(10-14-20)22-15-23-21-5-3-4-6-24(21)30-25(28(23)27-22)18-7-11-19(26)12-8-18/h3-14,16,23,25H,15H2,1-2H3/t23-,25-/m0/s1. The Morgan fingerprint density at radius 3 is 2.47 bits per heavy atom. The fourth-order valence-electron chi connectivity index (χ4n) is 4.05. The van der Waals surface area contributed by atoms with Crippen molar-refractivity contribution in [2.45, 2.75) is 38.6 Å². The van der Waals surface area contributed by atoms with E-state index in [0.717, 1.165) is 40.3 Å². The molecule has 30 heavy (non-hydrogen) atoms. The van der Waals surface area contributed by atoms with Crippen molar-refractivity contribution < 1.29 is 13.9 Å². The van der Waals surface area contributed by atoms with Crippen LogP contribution in [0.25, 0.3) is 0 Å². The number of hydrazone groups is 1. The number of para-hydroxylation sites is 1. The molecule has 2 heterocycles. The molecule has 0 saturated carbocycles. The Morgan fingerprint density at radius 2 is 1.73 bits per heavy atom. The van der Waals surface area contributed by atoms with Crippen molar-refractivity contribution in [2.24, 2.45) is 5.10 Å². The van der Waals surface area contributed by atoms with E-state index in [9.17, 15) is 4.39 Å². The summed E-state index contributed by atoms with van der Waals surface area (Å²) in [6.07, 6.45) is 0.521. The second-order valence-electron chi connectivity index (χ2n) is 7.90. The molecule has 0 bridgehead atoms. The molecule has 3 aromatic rings. The Morgan fingerprint density at radius 1 is 1.00 bits per heavy atom. The van der Waals surface area contributed by atoms with Crippen molar-refractivity contribution in [1.29, 1.82) is 0 Å². The second-order valence-corrected chi connectivity index (χ2v) is 7.90. The molecule has 2 atom stereocenters. The molecular weight excluding hydrogens is 379 g/mol. The highest BCUT2D eigenvalue weighted by molar-refractivity contribution is 6.02. The lowest BCUT2D eigenvalue weighted by Gasteiger charge is -2.38. The van der Waals surface area contributed by atoms with Crippen LogP contribution in [0.3, 0.4) is 0 Å². The maximum Gasteiger partial charge on any atom is 0.213 e. The number of halogens is 1. The fraction of sp³-hybridized carbons (Fsp3) is 0.240. The van der Waals surface area contributed by atoms with Crippen LogP contribution in [0, 0.1) is 5.82 Å². The predicted molar refractivity (Wildman–Crippen MR) is 114 cm³/mol. The van der Waals surface area contributed by atoms with E-state index in [2.05, 4.69) is 18.2 Å². The Kier molecular flexibility index (Phi) is 4.66. The number of hydrogen-bond donors (Lipinski definition) is 0. The van der Waals surface area contributed by atoms with E-state index in [4.69, 9.17) is 14.6 Å². The van der Waals surface area contributed by atoms with Crippen LogP contribution in [-0.2, 0) is 0 Å². The summed E-state index contributed by atoms with van der Waals surface area (Å²) >= 11 is 0. The third-order valence-corrected chi connectivity index (χ3v) is 5.41. The molecule has 0 N–H and O–H groups in total. The van der Waals surface area contributed by atoms with Crippen LogP contribution >= 0.6 is 0 Å². The van der Waals surface area contributed by atoms with Crippen molar-refractivity contribution in [3.63, 3.8) is 0 Å². The van der Waals surface area contributed by atoms with Gasteiger partial charge in [-0.15, -0.1) is 0 Å². The van der Waals surface area contributed by atoms with Gasteiger partial charge in [0.05, 0.1) is 17.9 Å². The largest absolute Gasteiger partial charge is 0.491 e. The van der Waals surface area contributed by atoms with Crippen LogP contribution in [0.2, 0.25) is 0 Å². The summed E-state index contributed by atoms with van der Waals surface area (Å²) in [6, 6.07) is 22.7. The first-order chi connectivity index (χ1) is 14.6. The molecule has 4 nitrogen and oxygen atoms in total. The quantitative estimate of drug-likeness (QED) is 0.549. The summed E-state index contributed by atoms with van der Waals surface area (Å²) < 4.78 is 25.5. The average molecular weight is 402 g/mol. The minimum absolute atomic E-state index is 0.0755. The van der Waals surface area contributed by atoms with Gasteiger partial charge in [0.2, 0.25) is 6.23 Å². The Hall–Kier alpha value is -3.34. The van der Waals surface area contributed by atoms with Gasteiger partial charge in [0.1, 0.15) is 17.3 Å². The summed E-state index contributed by atoms with van der Waals surface area (Å²) in [5.74, 6) is 1.44. The highest BCUT2D eigenvalue weighted by atomic mass is 19.1. The Balaban J connectivity index is 1.50. The first-order valence-corrected chi connectivity index (χ1v) is 10.2. The zero-order valence-corrected chi connectivity index (χ0v) is 17.0. The lowest BCUT2D eigenvalue weighted by atomic mass is 9.96. The van der Waals surface area contributed by atoms with Crippen molar-refractivity contribution in [2.75, 3.05) is 0 Å². The Labute approximate surface area is 175 Å². The number of nitrogens with zero attached hydrogens (tertiary/aromatic N) is 2. The van der Waals surface area contributed by atoms with Crippen LogP contribution < -0.4 is 9.47 Å². The maximum atomic E-state index is 13.5.